The van der Waals surface area contributed by atoms with Crippen LogP contribution in [0, 0.1) is 65.1 Å². The van der Waals surface area contributed by atoms with E-state index in [9.17, 15) is 0 Å². The Morgan fingerprint density at radius 3 is 1.21 bits per heavy atom. The molecule has 222 valence electrons. The first-order valence-electron chi connectivity index (χ1n) is 17.9. The van der Waals surface area contributed by atoms with Crippen LogP contribution in [0.3, 0.4) is 0 Å². The standard InChI is InChI=1S/C37H64P2/c1-22-9-32(21-38(36(3,4)5)37(6,7)8)33(10-23(22)2)39(34-28-13-24-11-25(15-28)16-29(34)14-24)35-30-17-26-12-27(19-30)20-31(35)18-26/h22-35H,9-21H2,1-8H3. The lowest BCUT2D eigenvalue weighted by molar-refractivity contribution is 0.0116. The van der Waals surface area contributed by atoms with Crippen molar-refractivity contribution in [2.24, 2.45) is 65.1 Å². The Morgan fingerprint density at radius 1 is 0.487 bits per heavy atom. The average Bonchev–Trinajstić information content (AvgIpc) is 2.80. The predicted octanol–water partition coefficient (Wildman–Crippen LogP) is 11.2. The lowest BCUT2D eigenvalue weighted by Crippen LogP contribution is -2.55. The largest absolute Gasteiger partial charge is 0.0957 e. The van der Waals surface area contributed by atoms with E-state index in [0.717, 1.165) is 70.8 Å². The van der Waals surface area contributed by atoms with E-state index in [0.29, 0.717) is 10.3 Å². The second kappa shape index (κ2) is 10.2. The molecule has 39 heavy (non-hydrogen) atoms. The molecular weight excluding hydrogens is 506 g/mol. The molecule has 0 amide bonds. The van der Waals surface area contributed by atoms with E-state index in [-0.39, 0.29) is 15.8 Å². The summed E-state index contributed by atoms with van der Waals surface area (Å²) in [6.07, 6.45) is 21.3. The Hall–Kier alpha value is 0.860. The van der Waals surface area contributed by atoms with Crippen LogP contribution in [-0.4, -0.2) is 33.5 Å². The van der Waals surface area contributed by atoms with Crippen LogP contribution in [0.2, 0.25) is 0 Å². The van der Waals surface area contributed by atoms with Crippen LogP contribution in [0.1, 0.15) is 132 Å². The van der Waals surface area contributed by atoms with Crippen molar-refractivity contribution in [2.75, 3.05) is 6.16 Å². The highest BCUT2D eigenvalue weighted by Crippen LogP contribution is 2.75. The molecular formula is C37H64P2. The normalized spacial score (nSPS) is 51.6. The van der Waals surface area contributed by atoms with Gasteiger partial charge in [-0.2, -0.15) is 0 Å². The smallest absolute Gasteiger partial charge is 0.0147 e. The van der Waals surface area contributed by atoms with Crippen molar-refractivity contribution in [3.05, 3.63) is 0 Å². The van der Waals surface area contributed by atoms with Gasteiger partial charge in [0.1, 0.15) is 0 Å². The van der Waals surface area contributed by atoms with Gasteiger partial charge in [-0.25, -0.2) is 0 Å². The van der Waals surface area contributed by atoms with E-state index in [1.165, 1.54) is 11.3 Å². The zero-order chi connectivity index (χ0) is 27.4. The quantitative estimate of drug-likeness (QED) is 0.288. The average molecular weight is 571 g/mol. The van der Waals surface area contributed by atoms with Gasteiger partial charge in [0.25, 0.3) is 0 Å². The minimum Gasteiger partial charge on any atom is -0.0957 e. The Morgan fingerprint density at radius 2 is 0.846 bits per heavy atom. The fourth-order valence-corrected chi connectivity index (χ4v) is 23.1. The van der Waals surface area contributed by atoms with E-state index >= 15 is 0 Å². The SMILES string of the molecule is CC1CC(CP(C(C)(C)C)C(C)(C)C)C(P(C2C3CC4CC(C3)CC2C4)C2C3CC4CC(C3)CC2C4)CC1C. The summed E-state index contributed by atoms with van der Waals surface area (Å²) in [5.41, 5.74) is 3.46. The van der Waals surface area contributed by atoms with Gasteiger partial charge >= 0.3 is 0 Å². The van der Waals surface area contributed by atoms with Crippen LogP contribution >= 0.6 is 15.8 Å². The predicted molar refractivity (Wildman–Crippen MR) is 175 cm³/mol. The maximum Gasteiger partial charge on any atom is -0.0147 e. The Kier molecular flexibility index (Phi) is 7.49. The zero-order valence-corrected chi connectivity index (χ0v) is 29.0. The highest BCUT2D eigenvalue weighted by molar-refractivity contribution is 7.61. The number of rotatable bonds is 5. The third kappa shape index (κ3) is 5.19. The molecule has 2 heteroatoms. The Labute approximate surface area is 246 Å². The minimum absolute atomic E-state index is 0.00136. The maximum atomic E-state index is 2.69. The topological polar surface area (TPSA) is 0 Å². The third-order valence-corrected chi connectivity index (χ3v) is 22.8. The fraction of sp³-hybridized carbons (Fsp3) is 1.00. The maximum absolute atomic E-state index is 2.69. The van der Waals surface area contributed by atoms with Crippen molar-refractivity contribution in [3.63, 3.8) is 0 Å². The molecule has 9 saturated carbocycles. The van der Waals surface area contributed by atoms with E-state index in [2.05, 4.69) is 55.4 Å². The first-order valence-corrected chi connectivity index (χ1v) is 21.0. The molecule has 4 atom stereocenters. The summed E-state index contributed by atoms with van der Waals surface area (Å²) in [6.45, 7) is 21.0. The Balaban J connectivity index is 1.27. The van der Waals surface area contributed by atoms with Crippen molar-refractivity contribution in [1.82, 2.24) is 0 Å². The molecule has 0 heterocycles. The minimum atomic E-state index is 0.00136. The molecule has 0 aromatic carbocycles. The van der Waals surface area contributed by atoms with Crippen LogP contribution < -0.4 is 0 Å². The van der Waals surface area contributed by atoms with Gasteiger partial charge in [-0.05, 0) is 176 Å². The van der Waals surface area contributed by atoms with Gasteiger partial charge in [-0.3, -0.25) is 0 Å². The second-order valence-corrected chi connectivity index (χ2v) is 25.7. The van der Waals surface area contributed by atoms with Gasteiger partial charge in [-0.1, -0.05) is 71.2 Å². The van der Waals surface area contributed by atoms with E-state index < -0.39 is 0 Å². The molecule has 0 N–H and O–H groups in total. The van der Waals surface area contributed by atoms with E-state index in [1.54, 1.807) is 83.2 Å². The molecule has 8 bridgehead atoms. The van der Waals surface area contributed by atoms with Gasteiger partial charge in [0.2, 0.25) is 0 Å². The Bertz CT molecular complexity index is 780. The summed E-state index contributed by atoms with van der Waals surface area (Å²) in [5, 5.41) is 0.941. The summed E-state index contributed by atoms with van der Waals surface area (Å²) in [6, 6.07) is 0. The number of hydrogen-bond donors (Lipinski definition) is 0. The molecule has 0 aromatic heterocycles. The molecule has 9 rings (SSSR count). The van der Waals surface area contributed by atoms with Gasteiger partial charge in [0.15, 0.2) is 0 Å². The lowest BCUT2D eigenvalue weighted by atomic mass is 9.55. The van der Waals surface area contributed by atoms with Gasteiger partial charge < -0.3 is 0 Å². The first kappa shape index (κ1) is 28.6. The van der Waals surface area contributed by atoms with Crippen LogP contribution in [-0.2, 0) is 0 Å². The van der Waals surface area contributed by atoms with E-state index in [1.807, 2.05) is 0 Å². The van der Waals surface area contributed by atoms with Crippen LogP contribution in [0.15, 0.2) is 0 Å². The molecule has 0 spiro atoms. The first-order chi connectivity index (χ1) is 18.3. The highest BCUT2D eigenvalue weighted by Gasteiger charge is 2.59. The molecule has 9 aliphatic rings. The molecule has 0 radical (unpaired) electrons. The lowest BCUT2D eigenvalue weighted by Gasteiger charge is -2.65. The van der Waals surface area contributed by atoms with Gasteiger partial charge in [0, 0.05) is 0 Å². The number of hydrogen-bond acceptors (Lipinski definition) is 0. The molecule has 0 nitrogen and oxygen atoms in total. The summed E-state index contributed by atoms with van der Waals surface area (Å²) >= 11 is 0. The zero-order valence-electron chi connectivity index (χ0n) is 27.2. The van der Waals surface area contributed by atoms with Crippen molar-refractivity contribution in [3.8, 4) is 0 Å². The molecule has 0 aliphatic heterocycles. The fourth-order valence-electron chi connectivity index (χ4n) is 13.4. The van der Waals surface area contributed by atoms with E-state index in [4.69, 9.17) is 0 Å². The van der Waals surface area contributed by atoms with Crippen molar-refractivity contribution in [1.29, 1.82) is 0 Å². The molecule has 0 saturated heterocycles. The molecule has 9 fully saturated rings. The van der Waals surface area contributed by atoms with Crippen LogP contribution in [0.4, 0.5) is 0 Å². The monoisotopic (exact) mass is 570 g/mol. The molecule has 4 unspecified atom stereocenters. The van der Waals surface area contributed by atoms with Crippen molar-refractivity contribution >= 4 is 15.8 Å². The second-order valence-electron chi connectivity index (χ2n) is 19.0. The molecule has 9 aliphatic carbocycles. The molecule has 0 aromatic rings. The van der Waals surface area contributed by atoms with Crippen molar-refractivity contribution < 1.29 is 0 Å². The van der Waals surface area contributed by atoms with Crippen molar-refractivity contribution in [2.45, 2.75) is 160 Å². The summed E-state index contributed by atoms with van der Waals surface area (Å²) in [7, 11) is 0.146. The summed E-state index contributed by atoms with van der Waals surface area (Å²) < 4.78 is 0. The van der Waals surface area contributed by atoms with Crippen LogP contribution in [0.25, 0.3) is 0 Å². The van der Waals surface area contributed by atoms with Gasteiger partial charge in [0.05, 0.1) is 0 Å². The third-order valence-electron chi connectivity index (χ3n) is 14.3. The summed E-state index contributed by atoms with van der Waals surface area (Å²) in [4.78, 5) is 0. The highest BCUT2D eigenvalue weighted by atomic mass is 31.1. The van der Waals surface area contributed by atoms with Crippen LogP contribution in [0.5, 0.6) is 0 Å². The summed E-state index contributed by atoms with van der Waals surface area (Å²) in [5.74, 6) is 12.0. The van der Waals surface area contributed by atoms with Gasteiger partial charge in [-0.15, -0.1) is 0 Å².